The molecule has 1 amide bonds. The molecule has 1 aliphatic rings. The van der Waals surface area contributed by atoms with Crippen LogP contribution in [0.5, 0.6) is 0 Å². The third-order valence-electron chi connectivity index (χ3n) is 4.08. The number of aryl methyl sites for hydroxylation is 1. The number of nitrogens with one attached hydrogen (secondary N) is 2. The topological polar surface area (TPSA) is 74.8 Å². The number of hydrogen-bond donors (Lipinski definition) is 2. The van der Waals surface area contributed by atoms with E-state index in [1.165, 1.54) is 0 Å². The van der Waals surface area contributed by atoms with E-state index in [1.54, 1.807) is 13.8 Å². The van der Waals surface area contributed by atoms with Crippen molar-refractivity contribution in [2.45, 2.75) is 32.2 Å². The van der Waals surface area contributed by atoms with Crippen molar-refractivity contribution in [3.63, 3.8) is 0 Å². The van der Waals surface area contributed by atoms with Crippen LogP contribution < -0.4 is 10.9 Å². The van der Waals surface area contributed by atoms with E-state index >= 15 is 0 Å². The molecule has 1 heterocycles. The van der Waals surface area contributed by atoms with Crippen LogP contribution in [-0.2, 0) is 0 Å². The number of benzene rings is 1. The largest absolute Gasteiger partial charge is 0.348 e. The van der Waals surface area contributed by atoms with Crippen molar-refractivity contribution in [2.24, 2.45) is 0 Å². The number of halogens is 1. The second-order valence-electron chi connectivity index (χ2n) is 5.62. The van der Waals surface area contributed by atoms with E-state index in [1.807, 2.05) is 24.3 Å². The van der Waals surface area contributed by atoms with Crippen LogP contribution >= 0.6 is 11.6 Å². The van der Waals surface area contributed by atoms with Gasteiger partial charge in [0.2, 0.25) is 0 Å². The van der Waals surface area contributed by atoms with Gasteiger partial charge in [-0.3, -0.25) is 9.59 Å². The monoisotopic (exact) mass is 317 g/mol. The molecule has 1 aliphatic carbocycles. The molecule has 0 saturated heterocycles. The first-order valence-electron chi connectivity index (χ1n) is 7.09. The lowest BCUT2D eigenvalue weighted by Crippen LogP contribution is -2.33. The van der Waals surface area contributed by atoms with Gasteiger partial charge in [-0.05, 0) is 43.5 Å². The fraction of sp³-hybridized carbons (Fsp3) is 0.312. The van der Waals surface area contributed by atoms with Crippen LogP contribution in [0, 0.1) is 13.8 Å². The van der Waals surface area contributed by atoms with E-state index < -0.39 is 5.56 Å². The van der Waals surface area contributed by atoms with E-state index in [2.05, 4.69) is 15.5 Å². The second-order valence-corrected chi connectivity index (χ2v) is 6.05. The first kappa shape index (κ1) is 14.8. The Morgan fingerprint density at radius 3 is 2.91 bits per heavy atom. The number of H-pyrrole nitrogens is 1. The summed E-state index contributed by atoms with van der Waals surface area (Å²) in [6.07, 6.45) is 0.854. The number of carbonyl (C=O) groups excluding carboxylic acids is 1. The van der Waals surface area contributed by atoms with Crippen molar-refractivity contribution in [3.8, 4) is 0 Å². The number of nitrogens with zero attached hydrogens (tertiary/aromatic N) is 1. The van der Waals surface area contributed by atoms with Crippen LogP contribution in [-0.4, -0.2) is 22.1 Å². The van der Waals surface area contributed by atoms with Gasteiger partial charge < -0.3 is 5.32 Å². The maximum Gasteiger partial charge on any atom is 0.277 e. The number of amides is 1. The van der Waals surface area contributed by atoms with Crippen molar-refractivity contribution >= 4 is 17.5 Å². The molecule has 1 aromatic heterocycles. The fourth-order valence-corrected chi connectivity index (χ4v) is 2.80. The van der Waals surface area contributed by atoms with Crippen molar-refractivity contribution < 1.29 is 4.79 Å². The third kappa shape index (κ3) is 2.76. The van der Waals surface area contributed by atoms with E-state index in [-0.39, 0.29) is 23.4 Å². The quantitative estimate of drug-likeness (QED) is 0.912. The molecule has 22 heavy (non-hydrogen) atoms. The molecule has 114 valence electrons. The molecule has 3 rings (SSSR count). The van der Waals surface area contributed by atoms with Gasteiger partial charge in [-0.25, -0.2) is 5.10 Å². The predicted octanol–water partition coefficient (Wildman–Crippen LogP) is 2.33. The Kier molecular flexibility index (Phi) is 3.74. The summed E-state index contributed by atoms with van der Waals surface area (Å²) in [7, 11) is 0. The molecule has 2 atom stereocenters. The van der Waals surface area contributed by atoms with Gasteiger partial charge in [-0.2, -0.15) is 5.10 Å². The lowest BCUT2D eigenvalue weighted by atomic mass is 10.1. The number of carbonyl (C=O) groups is 1. The zero-order valence-corrected chi connectivity index (χ0v) is 13.1. The summed E-state index contributed by atoms with van der Waals surface area (Å²) in [6.45, 7) is 3.49. The van der Waals surface area contributed by atoms with E-state index in [4.69, 9.17) is 11.6 Å². The van der Waals surface area contributed by atoms with Crippen molar-refractivity contribution in [2.75, 3.05) is 0 Å². The molecule has 1 aromatic carbocycles. The number of aromatic nitrogens is 2. The number of hydrogen-bond acceptors (Lipinski definition) is 3. The second kappa shape index (κ2) is 5.57. The number of rotatable bonds is 3. The van der Waals surface area contributed by atoms with Gasteiger partial charge in [-0.1, -0.05) is 23.7 Å². The molecular formula is C16H16ClN3O2. The molecule has 0 radical (unpaired) electrons. The van der Waals surface area contributed by atoms with Gasteiger partial charge >= 0.3 is 0 Å². The minimum atomic E-state index is -0.458. The summed E-state index contributed by atoms with van der Waals surface area (Å²) in [5.41, 5.74) is 2.05. The van der Waals surface area contributed by atoms with Crippen LogP contribution in [0.2, 0.25) is 5.02 Å². The molecule has 0 spiro atoms. The lowest BCUT2D eigenvalue weighted by Gasteiger charge is -2.08. The number of aromatic amines is 1. The van der Waals surface area contributed by atoms with E-state index in [0.717, 1.165) is 12.0 Å². The van der Waals surface area contributed by atoms with Crippen LogP contribution in [0.15, 0.2) is 29.1 Å². The fourth-order valence-electron chi connectivity index (χ4n) is 2.60. The van der Waals surface area contributed by atoms with Crippen LogP contribution in [0.25, 0.3) is 0 Å². The zero-order chi connectivity index (χ0) is 15.9. The molecule has 0 bridgehead atoms. The van der Waals surface area contributed by atoms with Crippen LogP contribution in [0.4, 0.5) is 0 Å². The molecule has 2 aromatic rings. The van der Waals surface area contributed by atoms with Gasteiger partial charge in [0.05, 0.1) is 5.69 Å². The Labute approximate surface area is 132 Å². The minimum Gasteiger partial charge on any atom is -0.348 e. The SMILES string of the molecule is Cc1n[nH]c(=O)c(C(=O)NC2CC2c2cccc(Cl)c2)c1C. The highest BCUT2D eigenvalue weighted by Gasteiger charge is 2.40. The molecule has 2 N–H and O–H groups in total. The lowest BCUT2D eigenvalue weighted by molar-refractivity contribution is 0.0947. The highest BCUT2D eigenvalue weighted by molar-refractivity contribution is 6.30. The van der Waals surface area contributed by atoms with E-state index in [0.29, 0.717) is 16.3 Å². The molecule has 1 saturated carbocycles. The summed E-state index contributed by atoms with van der Waals surface area (Å²) in [5, 5.41) is 9.81. The van der Waals surface area contributed by atoms with Gasteiger partial charge in [-0.15, -0.1) is 0 Å². The zero-order valence-electron chi connectivity index (χ0n) is 12.3. The highest BCUT2D eigenvalue weighted by Crippen LogP contribution is 2.41. The predicted molar refractivity (Wildman–Crippen MR) is 84.4 cm³/mol. The molecule has 2 unspecified atom stereocenters. The highest BCUT2D eigenvalue weighted by atomic mass is 35.5. The Morgan fingerprint density at radius 2 is 2.18 bits per heavy atom. The van der Waals surface area contributed by atoms with Crippen molar-refractivity contribution in [1.29, 1.82) is 0 Å². The molecule has 0 aliphatic heterocycles. The van der Waals surface area contributed by atoms with Crippen molar-refractivity contribution in [3.05, 3.63) is 62.0 Å². The maximum atomic E-state index is 12.3. The average Bonchev–Trinajstić information content (AvgIpc) is 3.22. The summed E-state index contributed by atoms with van der Waals surface area (Å²) in [6, 6.07) is 7.67. The van der Waals surface area contributed by atoms with Crippen LogP contribution in [0.1, 0.15) is 39.5 Å². The molecule has 5 nitrogen and oxygen atoms in total. The Balaban J connectivity index is 1.75. The van der Waals surface area contributed by atoms with Gasteiger partial charge in [0.25, 0.3) is 11.5 Å². The Hall–Kier alpha value is -2.14. The summed E-state index contributed by atoms with van der Waals surface area (Å²) in [5.74, 6) is -0.0938. The van der Waals surface area contributed by atoms with Gasteiger partial charge in [0.15, 0.2) is 0 Å². The first-order chi connectivity index (χ1) is 10.5. The first-order valence-corrected chi connectivity index (χ1v) is 7.47. The van der Waals surface area contributed by atoms with Crippen LogP contribution in [0.3, 0.4) is 0 Å². The van der Waals surface area contributed by atoms with Gasteiger partial charge in [0.1, 0.15) is 5.56 Å². The normalized spacial score (nSPS) is 19.8. The Bertz CT molecular complexity index is 800. The molecule has 1 fully saturated rings. The average molecular weight is 318 g/mol. The summed E-state index contributed by atoms with van der Waals surface area (Å²) < 4.78 is 0. The standard InChI is InChI=1S/C16H16ClN3O2/c1-8-9(2)19-20-16(22)14(8)15(21)18-13-7-12(13)10-4-3-5-11(17)6-10/h3-6,12-13H,7H2,1-2H3,(H,18,21)(H,20,22). The third-order valence-corrected chi connectivity index (χ3v) is 4.32. The van der Waals surface area contributed by atoms with Gasteiger partial charge in [0, 0.05) is 17.0 Å². The summed E-state index contributed by atoms with van der Waals surface area (Å²) in [4.78, 5) is 24.2. The molecule has 6 heteroatoms. The van der Waals surface area contributed by atoms with E-state index in [9.17, 15) is 9.59 Å². The smallest absolute Gasteiger partial charge is 0.277 e. The summed E-state index contributed by atoms with van der Waals surface area (Å²) >= 11 is 5.99. The Morgan fingerprint density at radius 1 is 1.41 bits per heavy atom. The minimum absolute atomic E-state index is 0.0400. The maximum absolute atomic E-state index is 12.3. The molecular weight excluding hydrogens is 302 g/mol. The van der Waals surface area contributed by atoms with Crippen molar-refractivity contribution in [1.82, 2.24) is 15.5 Å².